The van der Waals surface area contributed by atoms with Gasteiger partial charge >= 0.3 is 0 Å². The predicted molar refractivity (Wildman–Crippen MR) is 119 cm³/mol. The van der Waals surface area contributed by atoms with Gasteiger partial charge < -0.3 is 19.6 Å². The van der Waals surface area contributed by atoms with E-state index < -0.39 is 6.10 Å². The summed E-state index contributed by atoms with van der Waals surface area (Å²) in [6.07, 6.45) is 1.40. The molecule has 0 bridgehead atoms. The number of hydrogen-bond acceptors (Lipinski definition) is 5. The number of nitrogens with zero attached hydrogens (tertiary/aromatic N) is 3. The van der Waals surface area contributed by atoms with Gasteiger partial charge in [0.2, 0.25) is 5.91 Å². The number of benzene rings is 2. The number of aliphatic hydroxyl groups is 1. The van der Waals surface area contributed by atoms with Crippen LogP contribution in [0.25, 0.3) is 0 Å². The van der Waals surface area contributed by atoms with Crippen LogP contribution in [0.1, 0.15) is 30.6 Å². The lowest BCUT2D eigenvalue weighted by Crippen LogP contribution is -2.47. The summed E-state index contributed by atoms with van der Waals surface area (Å²) < 4.78 is 5.50. The Morgan fingerprint density at radius 3 is 2.57 bits per heavy atom. The third kappa shape index (κ3) is 4.30. The molecular formula is C24H31N3O3. The molecule has 0 aliphatic carbocycles. The van der Waals surface area contributed by atoms with E-state index in [4.69, 9.17) is 4.74 Å². The van der Waals surface area contributed by atoms with Crippen LogP contribution in [-0.4, -0.2) is 62.3 Å². The van der Waals surface area contributed by atoms with Gasteiger partial charge in [0, 0.05) is 51.9 Å². The number of carbonyl (C=O) groups is 1. The van der Waals surface area contributed by atoms with Crippen molar-refractivity contribution in [3.63, 3.8) is 0 Å². The molecule has 160 valence electrons. The Labute approximate surface area is 178 Å². The van der Waals surface area contributed by atoms with E-state index >= 15 is 0 Å². The maximum Gasteiger partial charge on any atom is 0.223 e. The van der Waals surface area contributed by atoms with Crippen molar-refractivity contribution in [2.45, 2.75) is 25.9 Å². The number of aliphatic hydroxyl groups excluding tert-OH is 1. The van der Waals surface area contributed by atoms with Crippen molar-refractivity contribution in [1.82, 2.24) is 4.90 Å². The Hall–Kier alpha value is -2.57. The van der Waals surface area contributed by atoms with E-state index in [9.17, 15) is 9.90 Å². The molecule has 6 nitrogen and oxygen atoms in total. The van der Waals surface area contributed by atoms with Gasteiger partial charge in [-0.15, -0.1) is 0 Å². The van der Waals surface area contributed by atoms with Crippen molar-refractivity contribution >= 4 is 17.3 Å². The molecule has 1 atom stereocenters. The van der Waals surface area contributed by atoms with Crippen LogP contribution in [0.15, 0.2) is 42.5 Å². The highest BCUT2D eigenvalue weighted by Gasteiger charge is 2.24. The summed E-state index contributed by atoms with van der Waals surface area (Å²) in [6.45, 7) is 6.63. The summed E-state index contributed by atoms with van der Waals surface area (Å²) in [7, 11) is 1.71. The van der Waals surface area contributed by atoms with E-state index in [0.717, 1.165) is 73.8 Å². The fraction of sp³-hybridized carbons (Fsp3) is 0.458. The molecule has 0 saturated carbocycles. The largest absolute Gasteiger partial charge is 0.495 e. The first-order valence-corrected chi connectivity index (χ1v) is 10.8. The highest BCUT2D eigenvalue weighted by atomic mass is 16.5. The number of para-hydroxylation sites is 2. The molecule has 1 saturated heterocycles. The van der Waals surface area contributed by atoms with Gasteiger partial charge in [0.1, 0.15) is 5.75 Å². The van der Waals surface area contributed by atoms with Crippen LogP contribution in [0.2, 0.25) is 0 Å². The van der Waals surface area contributed by atoms with Gasteiger partial charge in [-0.25, -0.2) is 0 Å². The molecule has 30 heavy (non-hydrogen) atoms. The smallest absolute Gasteiger partial charge is 0.223 e. The normalized spacial score (nSPS) is 18.1. The van der Waals surface area contributed by atoms with Gasteiger partial charge in [0.25, 0.3) is 0 Å². The minimum atomic E-state index is -0.527. The summed E-state index contributed by atoms with van der Waals surface area (Å²) >= 11 is 0. The first kappa shape index (κ1) is 20.7. The molecule has 0 aromatic heterocycles. The number of β-amino-alcohol motifs (C(OH)–C–C–N with tert-alkyl or cyclic N) is 1. The number of methoxy groups -OCH3 is 1. The second-order valence-corrected chi connectivity index (χ2v) is 8.14. The van der Waals surface area contributed by atoms with Crippen molar-refractivity contribution in [1.29, 1.82) is 0 Å². The van der Waals surface area contributed by atoms with Crippen LogP contribution in [-0.2, 0) is 11.2 Å². The molecule has 0 radical (unpaired) electrons. The van der Waals surface area contributed by atoms with Crippen LogP contribution in [0, 0.1) is 0 Å². The summed E-state index contributed by atoms with van der Waals surface area (Å²) in [6, 6.07) is 14.2. The van der Waals surface area contributed by atoms with Gasteiger partial charge in [-0.05, 0) is 42.2 Å². The maximum atomic E-state index is 11.9. The van der Waals surface area contributed by atoms with Crippen LogP contribution >= 0.6 is 0 Å². The Kier molecular flexibility index (Phi) is 6.25. The molecule has 2 aromatic rings. The average molecular weight is 410 g/mol. The monoisotopic (exact) mass is 409 g/mol. The zero-order chi connectivity index (χ0) is 21.1. The number of anilines is 2. The Balaban J connectivity index is 1.37. The lowest BCUT2D eigenvalue weighted by Gasteiger charge is -2.37. The topological polar surface area (TPSA) is 56.2 Å². The minimum Gasteiger partial charge on any atom is -0.495 e. The summed E-state index contributed by atoms with van der Waals surface area (Å²) in [4.78, 5) is 18.4. The summed E-state index contributed by atoms with van der Waals surface area (Å²) in [5.74, 6) is 0.983. The molecule has 1 N–H and O–H groups in total. The van der Waals surface area contributed by atoms with E-state index in [0.29, 0.717) is 6.54 Å². The molecule has 2 aliphatic heterocycles. The standard InChI is InChI=1S/C24H31N3O3/c1-18(28)27-11-5-6-19-16-20(9-10-21(19)27)23(29)17-25-12-14-26(15-13-25)22-7-3-4-8-24(22)30-2/h3-4,7-10,16,23,29H,5-6,11-15,17H2,1-2H3. The van der Waals surface area contributed by atoms with Crippen molar-refractivity contribution in [3.05, 3.63) is 53.6 Å². The number of ether oxygens (including phenoxy) is 1. The van der Waals surface area contributed by atoms with E-state index in [-0.39, 0.29) is 5.91 Å². The van der Waals surface area contributed by atoms with Gasteiger partial charge in [-0.1, -0.05) is 24.3 Å². The quantitative estimate of drug-likeness (QED) is 0.823. The molecule has 0 spiro atoms. The molecule has 1 fully saturated rings. The number of aryl methyl sites for hydroxylation is 1. The Morgan fingerprint density at radius 2 is 1.83 bits per heavy atom. The van der Waals surface area contributed by atoms with E-state index in [1.54, 1.807) is 14.0 Å². The van der Waals surface area contributed by atoms with Crippen molar-refractivity contribution in [3.8, 4) is 5.75 Å². The van der Waals surface area contributed by atoms with E-state index in [1.807, 2.05) is 35.2 Å². The molecule has 1 amide bonds. The van der Waals surface area contributed by atoms with Crippen molar-refractivity contribution in [2.75, 3.05) is 56.2 Å². The second kappa shape index (κ2) is 9.06. The predicted octanol–water partition coefficient (Wildman–Crippen LogP) is 2.85. The number of amides is 1. The van der Waals surface area contributed by atoms with E-state index in [2.05, 4.69) is 21.9 Å². The Bertz CT molecular complexity index is 893. The minimum absolute atomic E-state index is 0.0807. The average Bonchev–Trinajstić information content (AvgIpc) is 2.78. The van der Waals surface area contributed by atoms with Crippen LogP contribution in [0.4, 0.5) is 11.4 Å². The third-order valence-corrected chi connectivity index (χ3v) is 6.22. The number of carbonyl (C=O) groups excluding carboxylic acids is 1. The van der Waals surface area contributed by atoms with Crippen LogP contribution in [0.3, 0.4) is 0 Å². The first-order chi connectivity index (χ1) is 14.6. The van der Waals surface area contributed by atoms with Crippen LogP contribution < -0.4 is 14.5 Å². The molecule has 4 rings (SSSR count). The van der Waals surface area contributed by atoms with Crippen molar-refractivity contribution < 1.29 is 14.6 Å². The summed E-state index contributed by atoms with van der Waals surface area (Å²) in [5.41, 5.74) is 4.22. The zero-order valence-corrected chi connectivity index (χ0v) is 17.9. The number of hydrogen-bond donors (Lipinski definition) is 1. The molecule has 2 aliphatic rings. The van der Waals surface area contributed by atoms with Crippen LogP contribution in [0.5, 0.6) is 5.75 Å². The third-order valence-electron chi connectivity index (χ3n) is 6.22. The van der Waals surface area contributed by atoms with Gasteiger partial charge in [-0.2, -0.15) is 0 Å². The highest BCUT2D eigenvalue weighted by molar-refractivity contribution is 5.92. The van der Waals surface area contributed by atoms with Crippen molar-refractivity contribution in [2.24, 2.45) is 0 Å². The molecule has 1 unspecified atom stereocenters. The second-order valence-electron chi connectivity index (χ2n) is 8.14. The summed E-state index contributed by atoms with van der Waals surface area (Å²) in [5, 5.41) is 10.9. The molecular weight excluding hydrogens is 378 g/mol. The van der Waals surface area contributed by atoms with Gasteiger partial charge in [-0.3, -0.25) is 9.69 Å². The SMILES string of the molecule is COc1ccccc1N1CCN(CC(O)c2ccc3c(c2)CCCN3C(C)=O)CC1. The van der Waals surface area contributed by atoms with Gasteiger partial charge in [0.15, 0.2) is 0 Å². The number of rotatable bonds is 5. The fourth-order valence-corrected chi connectivity index (χ4v) is 4.56. The molecule has 2 heterocycles. The zero-order valence-electron chi connectivity index (χ0n) is 17.9. The molecule has 6 heteroatoms. The Morgan fingerprint density at radius 1 is 1.07 bits per heavy atom. The first-order valence-electron chi connectivity index (χ1n) is 10.8. The maximum absolute atomic E-state index is 11.9. The number of fused-ring (bicyclic) bond motifs is 1. The van der Waals surface area contributed by atoms with E-state index in [1.165, 1.54) is 0 Å². The molecule has 2 aromatic carbocycles. The number of piperazine rings is 1. The fourth-order valence-electron chi connectivity index (χ4n) is 4.56. The lowest BCUT2D eigenvalue weighted by atomic mass is 9.97. The lowest BCUT2D eigenvalue weighted by molar-refractivity contribution is -0.116. The highest BCUT2D eigenvalue weighted by Crippen LogP contribution is 2.31. The van der Waals surface area contributed by atoms with Gasteiger partial charge in [0.05, 0.1) is 18.9 Å².